The summed E-state index contributed by atoms with van der Waals surface area (Å²) in [5.74, 6) is 0.0876. The Balaban J connectivity index is 2.56. The molecule has 0 aromatic carbocycles. The molecule has 4 nitrogen and oxygen atoms in total. The Morgan fingerprint density at radius 1 is 1.64 bits per heavy atom. The van der Waals surface area contributed by atoms with Gasteiger partial charge in [-0.05, 0) is 12.8 Å². The molecule has 0 saturated carbocycles. The highest BCUT2D eigenvalue weighted by atomic mass is 16.2. The van der Waals surface area contributed by atoms with Gasteiger partial charge in [0.25, 0.3) is 0 Å². The molecule has 80 valence electrons. The van der Waals surface area contributed by atoms with Crippen molar-refractivity contribution in [2.75, 3.05) is 19.6 Å². The van der Waals surface area contributed by atoms with Gasteiger partial charge in [0.1, 0.15) is 0 Å². The number of hydrogen-bond acceptors (Lipinski definition) is 2. The number of hydrogen-bond donors (Lipinski definition) is 1. The Morgan fingerprint density at radius 3 is 3.00 bits per heavy atom. The van der Waals surface area contributed by atoms with Crippen LogP contribution in [0.3, 0.4) is 0 Å². The number of carbonyl (C=O) groups excluding carboxylic acids is 2. The van der Waals surface area contributed by atoms with Crippen molar-refractivity contribution < 1.29 is 9.59 Å². The lowest BCUT2D eigenvalue weighted by atomic mass is 10.1. The fraction of sp³-hybridized carbons (Fsp3) is 0.800. The zero-order chi connectivity index (χ0) is 10.6. The number of rotatable bonds is 2. The van der Waals surface area contributed by atoms with Crippen LogP contribution in [0.5, 0.6) is 0 Å². The maximum Gasteiger partial charge on any atom is 0.239 e. The van der Waals surface area contributed by atoms with Crippen LogP contribution in [0, 0.1) is 5.92 Å². The third kappa shape index (κ3) is 2.72. The summed E-state index contributed by atoms with van der Waals surface area (Å²) in [5.41, 5.74) is 0. The average molecular weight is 198 g/mol. The van der Waals surface area contributed by atoms with E-state index in [2.05, 4.69) is 5.32 Å². The van der Waals surface area contributed by atoms with Crippen molar-refractivity contribution in [3.63, 3.8) is 0 Å². The van der Waals surface area contributed by atoms with Crippen molar-refractivity contribution in [3.8, 4) is 0 Å². The summed E-state index contributed by atoms with van der Waals surface area (Å²) in [6, 6.07) is 0. The molecule has 1 rings (SSSR count). The fourth-order valence-corrected chi connectivity index (χ4v) is 1.48. The summed E-state index contributed by atoms with van der Waals surface area (Å²) < 4.78 is 0. The summed E-state index contributed by atoms with van der Waals surface area (Å²) in [6.07, 6.45) is 1.69. The molecule has 1 aliphatic heterocycles. The lowest BCUT2D eigenvalue weighted by molar-refractivity contribution is -0.138. The lowest BCUT2D eigenvalue weighted by Crippen LogP contribution is -2.39. The van der Waals surface area contributed by atoms with Crippen molar-refractivity contribution in [3.05, 3.63) is 0 Å². The van der Waals surface area contributed by atoms with Gasteiger partial charge in [0, 0.05) is 19.0 Å². The van der Waals surface area contributed by atoms with E-state index in [0.29, 0.717) is 13.1 Å². The van der Waals surface area contributed by atoms with Gasteiger partial charge in [-0.25, -0.2) is 0 Å². The molecule has 1 atom stereocenters. The van der Waals surface area contributed by atoms with Crippen LogP contribution in [-0.2, 0) is 9.59 Å². The maximum atomic E-state index is 11.8. The molecule has 0 bridgehead atoms. The molecule has 1 fully saturated rings. The molecule has 2 amide bonds. The molecule has 14 heavy (non-hydrogen) atoms. The van der Waals surface area contributed by atoms with E-state index in [1.165, 1.54) is 0 Å². The molecule has 1 N–H and O–H groups in total. The predicted molar refractivity (Wildman–Crippen MR) is 53.7 cm³/mol. The van der Waals surface area contributed by atoms with Gasteiger partial charge < -0.3 is 10.2 Å². The average Bonchev–Trinajstić information content (AvgIpc) is 2.40. The molecule has 0 spiro atoms. The van der Waals surface area contributed by atoms with Crippen LogP contribution in [0.15, 0.2) is 0 Å². The lowest BCUT2D eigenvalue weighted by Gasteiger charge is -2.22. The molecule has 1 unspecified atom stereocenters. The number of amides is 2. The number of nitrogens with zero attached hydrogens (tertiary/aromatic N) is 1. The van der Waals surface area contributed by atoms with Gasteiger partial charge in [0.05, 0.1) is 6.54 Å². The highest BCUT2D eigenvalue weighted by molar-refractivity contribution is 5.86. The van der Waals surface area contributed by atoms with Crippen LogP contribution in [0.4, 0.5) is 0 Å². The minimum atomic E-state index is -0.0425. The van der Waals surface area contributed by atoms with Crippen molar-refractivity contribution in [1.29, 1.82) is 0 Å². The van der Waals surface area contributed by atoms with E-state index < -0.39 is 0 Å². The van der Waals surface area contributed by atoms with Gasteiger partial charge in [0.2, 0.25) is 11.8 Å². The van der Waals surface area contributed by atoms with E-state index in [-0.39, 0.29) is 24.3 Å². The molecule has 0 aromatic heterocycles. The van der Waals surface area contributed by atoms with Crippen molar-refractivity contribution in [1.82, 2.24) is 10.2 Å². The first-order chi connectivity index (χ1) is 6.65. The molecule has 1 saturated heterocycles. The Kier molecular flexibility index (Phi) is 3.92. The molecular weight excluding hydrogens is 180 g/mol. The molecule has 0 radical (unpaired) electrons. The van der Waals surface area contributed by atoms with Crippen LogP contribution >= 0.6 is 0 Å². The van der Waals surface area contributed by atoms with Crippen molar-refractivity contribution in [2.45, 2.75) is 26.7 Å². The highest BCUT2D eigenvalue weighted by Gasteiger charge is 2.22. The van der Waals surface area contributed by atoms with E-state index in [0.717, 1.165) is 12.8 Å². The van der Waals surface area contributed by atoms with Crippen LogP contribution in [0.1, 0.15) is 26.7 Å². The Labute approximate surface area is 84.7 Å². The second-order valence-electron chi connectivity index (χ2n) is 3.77. The fourth-order valence-electron chi connectivity index (χ4n) is 1.48. The van der Waals surface area contributed by atoms with Gasteiger partial charge in [-0.15, -0.1) is 0 Å². The molecule has 0 aliphatic carbocycles. The zero-order valence-electron chi connectivity index (χ0n) is 8.88. The maximum absolute atomic E-state index is 11.8. The van der Waals surface area contributed by atoms with Crippen LogP contribution < -0.4 is 5.32 Å². The number of nitrogens with one attached hydrogen (secondary N) is 1. The summed E-state index contributed by atoms with van der Waals surface area (Å²) in [5, 5.41) is 2.75. The summed E-state index contributed by atoms with van der Waals surface area (Å²) >= 11 is 0. The molecule has 4 heteroatoms. The van der Waals surface area contributed by atoms with Crippen LogP contribution in [0.25, 0.3) is 0 Å². The standard InChI is InChI=1S/C10H18N2O2/c1-3-8(2)10(14)12-6-4-5-11-9(13)7-12/h8H,3-7H2,1-2H3,(H,11,13). The van der Waals surface area contributed by atoms with Crippen LogP contribution in [0.2, 0.25) is 0 Å². The monoisotopic (exact) mass is 198 g/mol. The quantitative estimate of drug-likeness (QED) is 0.697. The summed E-state index contributed by atoms with van der Waals surface area (Å²) in [4.78, 5) is 24.6. The van der Waals surface area contributed by atoms with Crippen molar-refractivity contribution >= 4 is 11.8 Å². The minimum absolute atomic E-state index is 0.0286. The van der Waals surface area contributed by atoms with Crippen LogP contribution in [-0.4, -0.2) is 36.3 Å². The normalized spacial score (nSPS) is 19.9. The topological polar surface area (TPSA) is 49.4 Å². The van der Waals surface area contributed by atoms with Gasteiger partial charge >= 0.3 is 0 Å². The molecule has 1 aliphatic rings. The first kappa shape index (κ1) is 11.0. The highest BCUT2D eigenvalue weighted by Crippen LogP contribution is 2.08. The first-order valence-corrected chi connectivity index (χ1v) is 5.20. The SMILES string of the molecule is CCC(C)C(=O)N1CCCNC(=O)C1. The largest absolute Gasteiger partial charge is 0.354 e. The van der Waals surface area contributed by atoms with Gasteiger partial charge in [-0.3, -0.25) is 9.59 Å². The predicted octanol–water partition coefficient (Wildman–Crippen LogP) is 0.381. The Morgan fingerprint density at radius 2 is 2.36 bits per heavy atom. The minimum Gasteiger partial charge on any atom is -0.354 e. The third-order valence-electron chi connectivity index (χ3n) is 2.61. The summed E-state index contributed by atoms with van der Waals surface area (Å²) in [7, 11) is 0. The molecular formula is C10H18N2O2. The van der Waals surface area contributed by atoms with Gasteiger partial charge in [-0.1, -0.05) is 13.8 Å². The van der Waals surface area contributed by atoms with Gasteiger partial charge in [-0.2, -0.15) is 0 Å². The zero-order valence-corrected chi connectivity index (χ0v) is 8.88. The Hall–Kier alpha value is -1.06. The van der Waals surface area contributed by atoms with E-state index in [1.807, 2.05) is 13.8 Å². The van der Waals surface area contributed by atoms with E-state index in [9.17, 15) is 9.59 Å². The van der Waals surface area contributed by atoms with Gasteiger partial charge in [0.15, 0.2) is 0 Å². The third-order valence-corrected chi connectivity index (χ3v) is 2.61. The smallest absolute Gasteiger partial charge is 0.239 e. The number of carbonyl (C=O) groups is 2. The van der Waals surface area contributed by atoms with E-state index >= 15 is 0 Å². The second-order valence-corrected chi connectivity index (χ2v) is 3.77. The van der Waals surface area contributed by atoms with E-state index in [4.69, 9.17) is 0 Å². The molecule has 1 heterocycles. The first-order valence-electron chi connectivity index (χ1n) is 5.20. The second kappa shape index (κ2) is 4.98. The Bertz CT molecular complexity index is 228. The summed E-state index contributed by atoms with van der Waals surface area (Å²) in [6.45, 7) is 5.50. The van der Waals surface area contributed by atoms with Crippen molar-refractivity contribution in [2.24, 2.45) is 5.92 Å². The molecule has 0 aromatic rings. The van der Waals surface area contributed by atoms with E-state index in [1.54, 1.807) is 4.90 Å².